The van der Waals surface area contributed by atoms with Gasteiger partial charge in [0, 0.05) is 24.5 Å². The summed E-state index contributed by atoms with van der Waals surface area (Å²) in [6, 6.07) is 6.02. The summed E-state index contributed by atoms with van der Waals surface area (Å²) in [5.41, 5.74) is 7.40. The van der Waals surface area contributed by atoms with Crippen molar-refractivity contribution in [1.29, 1.82) is 0 Å². The Morgan fingerprint density at radius 1 is 1.25 bits per heavy atom. The van der Waals surface area contributed by atoms with Crippen LogP contribution in [0.2, 0.25) is 5.02 Å². The number of benzene rings is 1. The third-order valence-electron chi connectivity index (χ3n) is 4.70. The summed E-state index contributed by atoms with van der Waals surface area (Å²) < 4.78 is 32.4. The van der Waals surface area contributed by atoms with E-state index >= 15 is 0 Å². The molecule has 1 aliphatic heterocycles. The first-order valence-electron chi connectivity index (χ1n) is 9.67. The Hall–Kier alpha value is -2.18. The molecule has 0 saturated carbocycles. The number of aromatic nitrogens is 1. The van der Waals surface area contributed by atoms with Crippen molar-refractivity contribution in [1.82, 2.24) is 9.29 Å². The second-order valence-electron chi connectivity index (χ2n) is 7.12. The zero-order valence-corrected chi connectivity index (χ0v) is 19.9. The van der Waals surface area contributed by atoms with Gasteiger partial charge in [-0.1, -0.05) is 23.4 Å². The first kappa shape index (κ1) is 24.5. The van der Waals surface area contributed by atoms with E-state index in [1.54, 1.807) is 19.9 Å². The average Bonchev–Trinajstić information content (AvgIpc) is 2.73. The van der Waals surface area contributed by atoms with Crippen LogP contribution in [0, 0.1) is 13.8 Å². The number of aryl methyl sites for hydroxylation is 2. The van der Waals surface area contributed by atoms with Gasteiger partial charge in [-0.05, 0) is 43.7 Å². The smallest absolute Gasteiger partial charge is 0.251 e. The van der Waals surface area contributed by atoms with Crippen LogP contribution in [0.3, 0.4) is 0 Å². The fourth-order valence-corrected chi connectivity index (χ4v) is 6.11. The van der Waals surface area contributed by atoms with Gasteiger partial charge in [0.1, 0.15) is 9.92 Å². The molecule has 32 heavy (non-hydrogen) atoms. The van der Waals surface area contributed by atoms with Gasteiger partial charge in [0.15, 0.2) is 0 Å². The van der Waals surface area contributed by atoms with E-state index in [-0.39, 0.29) is 40.0 Å². The summed E-state index contributed by atoms with van der Waals surface area (Å²) in [4.78, 5) is 28.5. The summed E-state index contributed by atoms with van der Waals surface area (Å²) in [5.74, 6) is -1.07. The maximum absolute atomic E-state index is 12.9. The van der Waals surface area contributed by atoms with Crippen molar-refractivity contribution in [3.63, 3.8) is 0 Å². The van der Waals surface area contributed by atoms with Gasteiger partial charge in [-0.25, -0.2) is 13.4 Å². The Kier molecular flexibility index (Phi) is 7.78. The molecule has 1 aromatic carbocycles. The van der Waals surface area contributed by atoms with Crippen molar-refractivity contribution in [3.05, 3.63) is 46.1 Å². The molecule has 0 spiro atoms. The highest BCUT2D eigenvalue weighted by Crippen LogP contribution is 2.29. The number of pyridine rings is 1. The standard InChI is InChI=1S/C20H23ClN4O5S2/c1-12-9-13(2)23-20(18(12)19(22)27)31-11-17(26)24-14-3-4-15(21)16(10-14)32(28,29)25-5-7-30-8-6-25/h3-4,9-10H,5-8,11H2,1-2H3,(H2,22,27)(H,24,26). The van der Waals surface area contributed by atoms with Crippen LogP contribution in [0.15, 0.2) is 34.2 Å². The number of sulfonamides is 1. The summed E-state index contributed by atoms with van der Waals surface area (Å²) >= 11 is 7.22. The van der Waals surface area contributed by atoms with E-state index in [0.717, 1.165) is 11.8 Å². The number of hydrogen-bond donors (Lipinski definition) is 2. The van der Waals surface area contributed by atoms with Crippen molar-refractivity contribution in [2.45, 2.75) is 23.8 Å². The lowest BCUT2D eigenvalue weighted by molar-refractivity contribution is -0.113. The number of carbonyl (C=O) groups is 2. The van der Waals surface area contributed by atoms with Gasteiger partial charge in [-0.2, -0.15) is 4.31 Å². The van der Waals surface area contributed by atoms with Crippen LogP contribution in [0.1, 0.15) is 21.6 Å². The number of morpholine rings is 1. The molecule has 2 heterocycles. The molecule has 172 valence electrons. The van der Waals surface area contributed by atoms with Crippen LogP contribution >= 0.6 is 23.4 Å². The molecule has 3 N–H and O–H groups in total. The summed E-state index contributed by atoms with van der Waals surface area (Å²) in [6.07, 6.45) is 0. The first-order chi connectivity index (χ1) is 15.1. The number of thioether (sulfide) groups is 1. The number of amides is 2. The zero-order valence-electron chi connectivity index (χ0n) is 17.6. The fourth-order valence-electron chi connectivity index (χ4n) is 3.24. The molecular formula is C20H23ClN4O5S2. The highest BCUT2D eigenvalue weighted by Gasteiger charge is 2.28. The molecule has 1 aromatic heterocycles. The van der Waals surface area contributed by atoms with Crippen LogP contribution in [0.4, 0.5) is 5.69 Å². The van der Waals surface area contributed by atoms with Gasteiger partial charge in [0.25, 0.3) is 5.91 Å². The number of nitrogens with two attached hydrogens (primary N) is 1. The van der Waals surface area contributed by atoms with Crippen LogP contribution in [-0.4, -0.2) is 61.6 Å². The molecule has 2 amide bonds. The predicted molar refractivity (Wildman–Crippen MR) is 123 cm³/mol. The van der Waals surface area contributed by atoms with E-state index in [0.29, 0.717) is 29.5 Å². The highest BCUT2D eigenvalue weighted by atomic mass is 35.5. The molecule has 0 unspecified atom stereocenters. The van der Waals surface area contributed by atoms with Crippen molar-refractivity contribution >= 4 is 50.9 Å². The van der Waals surface area contributed by atoms with E-state index in [1.807, 2.05) is 0 Å². The Morgan fingerprint density at radius 2 is 1.94 bits per heavy atom. The molecule has 0 radical (unpaired) electrons. The second-order valence-corrected chi connectivity index (χ2v) is 10.4. The fraction of sp³-hybridized carbons (Fsp3) is 0.350. The minimum Gasteiger partial charge on any atom is -0.379 e. The molecule has 1 aliphatic rings. The number of primary amides is 1. The van der Waals surface area contributed by atoms with Crippen molar-refractivity contribution < 1.29 is 22.7 Å². The third kappa shape index (κ3) is 5.59. The van der Waals surface area contributed by atoms with E-state index in [1.165, 1.54) is 22.5 Å². The monoisotopic (exact) mass is 498 g/mol. The number of carbonyl (C=O) groups excluding carboxylic acids is 2. The Morgan fingerprint density at radius 3 is 2.59 bits per heavy atom. The van der Waals surface area contributed by atoms with E-state index in [2.05, 4.69) is 10.3 Å². The van der Waals surface area contributed by atoms with Crippen LogP contribution in [0.25, 0.3) is 0 Å². The van der Waals surface area contributed by atoms with Gasteiger partial charge in [0.2, 0.25) is 15.9 Å². The van der Waals surface area contributed by atoms with Crippen molar-refractivity contribution in [2.75, 3.05) is 37.4 Å². The van der Waals surface area contributed by atoms with E-state index in [4.69, 9.17) is 22.1 Å². The predicted octanol–water partition coefficient (Wildman–Crippen LogP) is 2.20. The van der Waals surface area contributed by atoms with Gasteiger partial charge in [-0.3, -0.25) is 9.59 Å². The third-order valence-corrected chi connectivity index (χ3v) is 8.06. The normalized spacial score (nSPS) is 14.8. The molecule has 9 nitrogen and oxygen atoms in total. The maximum Gasteiger partial charge on any atom is 0.251 e. The molecule has 3 rings (SSSR count). The molecule has 0 bridgehead atoms. The molecule has 0 aliphatic carbocycles. The maximum atomic E-state index is 12.9. The van der Waals surface area contributed by atoms with Crippen molar-refractivity contribution in [3.8, 4) is 0 Å². The molecule has 2 aromatic rings. The second kappa shape index (κ2) is 10.2. The highest BCUT2D eigenvalue weighted by molar-refractivity contribution is 8.00. The van der Waals surface area contributed by atoms with Gasteiger partial charge < -0.3 is 15.8 Å². The quantitative estimate of drug-likeness (QED) is 0.559. The SMILES string of the molecule is Cc1cc(C)c(C(N)=O)c(SCC(=O)Nc2ccc(Cl)c(S(=O)(=O)N3CCOCC3)c2)n1. The van der Waals surface area contributed by atoms with E-state index < -0.39 is 21.8 Å². The summed E-state index contributed by atoms with van der Waals surface area (Å²) in [6.45, 7) is 4.62. The number of nitrogens with one attached hydrogen (secondary N) is 1. The van der Waals surface area contributed by atoms with Gasteiger partial charge in [0.05, 0.1) is 29.6 Å². The topological polar surface area (TPSA) is 132 Å². The van der Waals surface area contributed by atoms with Crippen molar-refractivity contribution in [2.24, 2.45) is 5.73 Å². The lowest BCUT2D eigenvalue weighted by atomic mass is 10.1. The van der Waals surface area contributed by atoms with E-state index in [9.17, 15) is 18.0 Å². The van der Waals surface area contributed by atoms with Gasteiger partial charge in [-0.15, -0.1) is 0 Å². The Balaban J connectivity index is 1.74. The number of rotatable bonds is 7. The number of halogens is 1. The average molecular weight is 499 g/mol. The van der Waals surface area contributed by atoms with Crippen LogP contribution in [-0.2, 0) is 19.6 Å². The molecule has 12 heteroatoms. The minimum atomic E-state index is -3.83. The number of nitrogens with zero attached hydrogens (tertiary/aromatic N) is 2. The minimum absolute atomic E-state index is 0.0512. The molecule has 1 saturated heterocycles. The number of ether oxygens (including phenoxy) is 1. The molecular weight excluding hydrogens is 476 g/mol. The lowest BCUT2D eigenvalue weighted by Gasteiger charge is -2.26. The summed E-state index contributed by atoms with van der Waals surface area (Å²) in [7, 11) is -3.83. The molecule has 1 fully saturated rings. The largest absolute Gasteiger partial charge is 0.379 e. The first-order valence-corrected chi connectivity index (χ1v) is 12.5. The Labute approximate surface area is 195 Å². The van der Waals surface area contributed by atoms with Crippen LogP contribution < -0.4 is 11.1 Å². The molecule has 0 atom stereocenters. The number of anilines is 1. The van der Waals surface area contributed by atoms with Gasteiger partial charge >= 0.3 is 0 Å². The zero-order chi connectivity index (χ0) is 23.5. The lowest BCUT2D eigenvalue weighted by Crippen LogP contribution is -2.40. The Bertz CT molecular complexity index is 1150. The summed E-state index contributed by atoms with van der Waals surface area (Å²) in [5, 5.41) is 3.10. The number of hydrogen-bond acceptors (Lipinski definition) is 7. The van der Waals surface area contributed by atoms with Crippen LogP contribution in [0.5, 0.6) is 0 Å².